The highest BCUT2D eigenvalue weighted by Crippen LogP contribution is 2.28. The number of hydrogen-bond acceptors (Lipinski definition) is 9. The second kappa shape index (κ2) is 11.1. The number of nitrogens with zero attached hydrogens (tertiary/aromatic N) is 4. The van der Waals surface area contributed by atoms with Crippen LogP contribution in [0.25, 0.3) is 17.3 Å². The lowest BCUT2D eigenvalue weighted by molar-refractivity contribution is -0.115. The van der Waals surface area contributed by atoms with Crippen molar-refractivity contribution in [3.05, 3.63) is 63.6 Å². The maximum Gasteiger partial charge on any atom is 0.407 e. The van der Waals surface area contributed by atoms with Crippen LogP contribution in [-0.4, -0.2) is 54.3 Å². The molecule has 0 unspecified atom stereocenters. The van der Waals surface area contributed by atoms with Crippen molar-refractivity contribution in [3.8, 4) is 11.3 Å². The summed E-state index contributed by atoms with van der Waals surface area (Å²) in [6, 6.07) is 9.37. The summed E-state index contributed by atoms with van der Waals surface area (Å²) in [4.78, 5) is 50.4. The van der Waals surface area contributed by atoms with Crippen molar-refractivity contribution >= 4 is 52.4 Å². The first-order valence-corrected chi connectivity index (χ1v) is 13.5. The van der Waals surface area contributed by atoms with Gasteiger partial charge in [0.1, 0.15) is 0 Å². The number of carbonyl (C=O) groups is 3. The van der Waals surface area contributed by atoms with E-state index in [1.54, 1.807) is 29.7 Å². The molecule has 1 aliphatic heterocycles. The van der Waals surface area contributed by atoms with Crippen LogP contribution in [0.3, 0.4) is 0 Å². The average Bonchev–Trinajstić information content (AvgIpc) is 3.53. The quantitative estimate of drug-likeness (QED) is 0.363. The van der Waals surface area contributed by atoms with Crippen molar-refractivity contribution in [1.29, 1.82) is 0 Å². The number of hydrogen-bond donors (Lipinski definition) is 3. The fourth-order valence-corrected chi connectivity index (χ4v) is 5.77. The topological polar surface area (TPSA) is 137 Å². The monoisotopic (exact) mass is 536 g/mol. The van der Waals surface area contributed by atoms with E-state index in [2.05, 4.69) is 25.6 Å². The number of rotatable bonds is 7. The maximum atomic E-state index is 12.1. The number of thiophene rings is 1. The van der Waals surface area contributed by atoms with Crippen LogP contribution in [0.4, 0.5) is 15.5 Å². The summed E-state index contributed by atoms with van der Waals surface area (Å²) in [5, 5.41) is 19.1. The largest absolute Gasteiger partial charge is 0.465 e. The fourth-order valence-electron chi connectivity index (χ4n) is 4.46. The van der Waals surface area contributed by atoms with Crippen LogP contribution in [0.15, 0.2) is 52.2 Å². The molecule has 4 heterocycles. The molecule has 37 heavy (non-hydrogen) atoms. The van der Waals surface area contributed by atoms with E-state index in [9.17, 15) is 19.5 Å². The van der Waals surface area contributed by atoms with E-state index in [1.807, 2.05) is 35.0 Å². The molecule has 10 nitrogen and oxygen atoms in total. The molecule has 0 bridgehead atoms. The Labute approximate surface area is 221 Å². The predicted octanol–water partition coefficient (Wildman–Crippen LogP) is 4.83. The standard InChI is InChI=1S/C25H24N6O4S2/c32-22-21(37-24(33)30-22)12-17-8-10-26-23(29-17)28-16-4-6-19(7-5-16)31(25(34)35)13-18-2-1-3-20(27-18)15-9-11-36-14-15/h1-3,8-12,14,16,19H,4-7,13H2,(H,34,35)(H,26,28,29)(H,30,32,33)/b21-12-/t16-,19-. The van der Waals surface area contributed by atoms with Crippen LogP contribution < -0.4 is 10.6 Å². The lowest BCUT2D eigenvalue weighted by Gasteiger charge is -2.35. The molecule has 0 atom stereocenters. The summed E-state index contributed by atoms with van der Waals surface area (Å²) < 4.78 is 0. The molecule has 3 N–H and O–H groups in total. The van der Waals surface area contributed by atoms with Gasteiger partial charge in [-0.25, -0.2) is 14.8 Å². The molecule has 0 radical (unpaired) electrons. The molecule has 2 fully saturated rings. The van der Waals surface area contributed by atoms with Crippen LogP contribution in [-0.2, 0) is 11.3 Å². The smallest absolute Gasteiger partial charge is 0.407 e. The molecule has 5 rings (SSSR count). The first-order valence-electron chi connectivity index (χ1n) is 11.8. The normalized spacial score (nSPS) is 20.6. The summed E-state index contributed by atoms with van der Waals surface area (Å²) in [7, 11) is 0. The number of aromatic nitrogens is 3. The van der Waals surface area contributed by atoms with Crippen LogP contribution >= 0.6 is 23.1 Å². The molecular weight excluding hydrogens is 512 g/mol. The lowest BCUT2D eigenvalue weighted by Crippen LogP contribution is -2.43. The minimum absolute atomic E-state index is 0.0978. The average molecular weight is 537 g/mol. The number of pyridine rings is 1. The van der Waals surface area contributed by atoms with E-state index in [1.165, 1.54) is 4.90 Å². The summed E-state index contributed by atoms with van der Waals surface area (Å²) in [5.74, 6) is -0.00473. The number of anilines is 1. The van der Waals surface area contributed by atoms with Crippen molar-refractivity contribution in [2.45, 2.75) is 44.3 Å². The Balaban J connectivity index is 1.19. The number of nitrogens with one attached hydrogen (secondary N) is 2. The minimum atomic E-state index is -0.949. The zero-order valence-electron chi connectivity index (χ0n) is 19.7. The van der Waals surface area contributed by atoms with Gasteiger partial charge in [-0.1, -0.05) is 6.07 Å². The van der Waals surface area contributed by atoms with Gasteiger partial charge in [0, 0.05) is 29.2 Å². The molecule has 3 aromatic rings. The van der Waals surface area contributed by atoms with E-state index in [0.29, 0.717) is 29.4 Å². The highest BCUT2D eigenvalue weighted by Gasteiger charge is 2.30. The Hall–Kier alpha value is -3.77. The first-order chi connectivity index (χ1) is 17.9. The third kappa shape index (κ3) is 6.15. The molecule has 2 aliphatic rings. The number of carboxylic acid groups (broad SMARTS) is 1. The number of carbonyl (C=O) groups excluding carboxylic acids is 2. The van der Waals surface area contributed by atoms with Gasteiger partial charge in [0.05, 0.1) is 28.5 Å². The third-order valence-corrected chi connectivity index (χ3v) is 7.76. The number of amides is 3. The number of thioether (sulfide) groups is 1. The SMILES string of the molecule is O=C1NC(=O)/C(=C/c2ccnc(N[C@H]3CC[C@H](N(Cc4cccc(-c5ccsc5)n4)C(=O)O)CC3)n2)S1. The van der Waals surface area contributed by atoms with E-state index < -0.39 is 17.2 Å². The Morgan fingerprint density at radius 1 is 1.16 bits per heavy atom. The molecule has 1 aliphatic carbocycles. The molecule has 190 valence electrons. The van der Waals surface area contributed by atoms with Crippen molar-refractivity contribution in [2.75, 3.05) is 5.32 Å². The van der Waals surface area contributed by atoms with Gasteiger partial charge in [0.25, 0.3) is 11.1 Å². The zero-order chi connectivity index (χ0) is 25.8. The van der Waals surface area contributed by atoms with Crippen molar-refractivity contribution in [3.63, 3.8) is 0 Å². The van der Waals surface area contributed by atoms with Crippen molar-refractivity contribution in [2.24, 2.45) is 0 Å². The maximum absolute atomic E-state index is 12.1. The molecule has 0 aromatic carbocycles. The van der Waals surface area contributed by atoms with Gasteiger partial charge in [-0.3, -0.25) is 24.8 Å². The third-order valence-electron chi connectivity index (χ3n) is 6.27. The molecule has 3 aromatic heterocycles. The molecule has 3 amide bonds. The van der Waals surface area contributed by atoms with E-state index in [0.717, 1.165) is 41.6 Å². The van der Waals surface area contributed by atoms with E-state index in [4.69, 9.17) is 0 Å². The van der Waals surface area contributed by atoms with Gasteiger partial charge in [-0.15, -0.1) is 0 Å². The number of imide groups is 1. The van der Waals surface area contributed by atoms with Crippen LogP contribution in [0.5, 0.6) is 0 Å². The second-order valence-electron chi connectivity index (χ2n) is 8.74. The minimum Gasteiger partial charge on any atom is -0.465 e. The Morgan fingerprint density at radius 2 is 2.00 bits per heavy atom. The predicted molar refractivity (Wildman–Crippen MR) is 142 cm³/mol. The van der Waals surface area contributed by atoms with Crippen LogP contribution in [0.2, 0.25) is 0 Å². The second-order valence-corrected chi connectivity index (χ2v) is 10.5. The van der Waals surface area contributed by atoms with E-state index >= 15 is 0 Å². The van der Waals surface area contributed by atoms with Gasteiger partial charge >= 0.3 is 6.09 Å². The molecule has 1 saturated carbocycles. The van der Waals surface area contributed by atoms with Gasteiger partial charge in [0.15, 0.2) is 0 Å². The summed E-state index contributed by atoms with van der Waals surface area (Å²) >= 11 is 2.44. The Bertz CT molecular complexity index is 1340. The highest BCUT2D eigenvalue weighted by atomic mass is 32.2. The zero-order valence-corrected chi connectivity index (χ0v) is 21.3. The van der Waals surface area contributed by atoms with Gasteiger partial charge in [0.2, 0.25) is 5.95 Å². The Morgan fingerprint density at radius 3 is 2.70 bits per heavy atom. The molecule has 12 heteroatoms. The molecule has 0 spiro atoms. The lowest BCUT2D eigenvalue weighted by atomic mass is 9.90. The fraction of sp³-hybridized carbons (Fsp3) is 0.280. The van der Waals surface area contributed by atoms with Crippen LogP contribution in [0, 0.1) is 0 Å². The van der Waals surface area contributed by atoms with Crippen molar-refractivity contribution < 1.29 is 19.5 Å². The van der Waals surface area contributed by atoms with Crippen LogP contribution in [0.1, 0.15) is 37.1 Å². The van der Waals surface area contributed by atoms with Gasteiger partial charge < -0.3 is 10.4 Å². The van der Waals surface area contributed by atoms with Crippen molar-refractivity contribution in [1.82, 2.24) is 25.2 Å². The molecule has 1 saturated heterocycles. The summed E-state index contributed by atoms with van der Waals surface area (Å²) in [5.41, 5.74) is 3.12. The molecular formula is C25H24N6O4S2. The first kappa shape index (κ1) is 24.9. The van der Waals surface area contributed by atoms with Gasteiger partial charge in [-0.05, 0) is 73.2 Å². The Kier molecular flexibility index (Phi) is 7.47. The summed E-state index contributed by atoms with van der Waals surface area (Å²) in [6.07, 6.45) is 5.14. The summed E-state index contributed by atoms with van der Waals surface area (Å²) in [6.45, 7) is 0.240. The van der Waals surface area contributed by atoms with E-state index in [-0.39, 0.29) is 18.6 Å². The highest BCUT2D eigenvalue weighted by molar-refractivity contribution is 8.18. The van der Waals surface area contributed by atoms with Gasteiger partial charge in [-0.2, -0.15) is 11.3 Å².